The SMILES string of the molecule is CC[C@H](C)NC(=O)NC(=O)COC(=O)CCCOc1cccc(C)c1. The van der Waals surface area contributed by atoms with Gasteiger partial charge in [0.05, 0.1) is 6.61 Å². The minimum Gasteiger partial charge on any atom is -0.494 e. The zero-order valence-corrected chi connectivity index (χ0v) is 15.0. The van der Waals surface area contributed by atoms with Gasteiger partial charge in [0.25, 0.3) is 5.91 Å². The minimum absolute atomic E-state index is 0.0382. The van der Waals surface area contributed by atoms with Crippen molar-refractivity contribution in [2.45, 2.75) is 46.1 Å². The van der Waals surface area contributed by atoms with Crippen LogP contribution >= 0.6 is 0 Å². The summed E-state index contributed by atoms with van der Waals surface area (Å²) in [6.45, 7) is 5.60. The van der Waals surface area contributed by atoms with E-state index < -0.39 is 24.5 Å². The van der Waals surface area contributed by atoms with E-state index in [9.17, 15) is 14.4 Å². The normalized spacial score (nSPS) is 11.3. The van der Waals surface area contributed by atoms with Gasteiger partial charge in [-0.05, 0) is 44.4 Å². The van der Waals surface area contributed by atoms with Gasteiger partial charge in [0, 0.05) is 12.5 Å². The molecule has 7 heteroatoms. The summed E-state index contributed by atoms with van der Waals surface area (Å²) in [7, 11) is 0. The first-order valence-electron chi connectivity index (χ1n) is 8.36. The monoisotopic (exact) mass is 350 g/mol. The van der Waals surface area contributed by atoms with E-state index in [4.69, 9.17) is 9.47 Å². The molecule has 0 saturated carbocycles. The topological polar surface area (TPSA) is 93.7 Å². The lowest BCUT2D eigenvalue weighted by molar-refractivity contribution is -0.148. The number of esters is 1. The van der Waals surface area contributed by atoms with Gasteiger partial charge in [0.1, 0.15) is 5.75 Å². The maximum atomic E-state index is 11.6. The fourth-order valence-corrected chi connectivity index (χ4v) is 1.85. The molecule has 1 atom stereocenters. The van der Waals surface area contributed by atoms with Crippen LogP contribution in [0.25, 0.3) is 0 Å². The number of hydrogen-bond donors (Lipinski definition) is 2. The summed E-state index contributed by atoms with van der Waals surface area (Å²) in [6.07, 6.45) is 1.36. The molecule has 0 aliphatic rings. The third kappa shape index (κ3) is 9.34. The van der Waals surface area contributed by atoms with Crippen molar-refractivity contribution in [3.8, 4) is 5.75 Å². The number of aryl methyl sites for hydroxylation is 1. The van der Waals surface area contributed by atoms with Gasteiger partial charge >= 0.3 is 12.0 Å². The second-order valence-electron chi connectivity index (χ2n) is 5.76. The number of urea groups is 1. The summed E-state index contributed by atoms with van der Waals surface area (Å²) in [5.41, 5.74) is 1.10. The lowest BCUT2D eigenvalue weighted by Gasteiger charge is -2.11. The summed E-state index contributed by atoms with van der Waals surface area (Å²) in [5.74, 6) is -0.421. The highest BCUT2D eigenvalue weighted by molar-refractivity contribution is 5.95. The van der Waals surface area contributed by atoms with Crippen LogP contribution in [0.1, 0.15) is 38.7 Å². The van der Waals surface area contributed by atoms with E-state index >= 15 is 0 Å². The van der Waals surface area contributed by atoms with Gasteiger partial charge in [-0.3, -0.25) is 14.9 Å². The molecule has 0 aliphatic heterocycles. The van der Waals surface area contributed by atoms with E-state index in [0.717, 1.165) is 17.7 Å². The van der Waals surface area contributed by atoms with Crippen molar-refractivity contribution in [1.29, 1.82) is 0 Å². The molecular weight excluding hydrogens is 324 g/mol. The summed E-state index contributed by atoms with van der Waals surface area (Å²) < 4.78 is 10.3. The van der Waals surface area contributed by atoms with Crippen molar-refractivity contribution < 1.29 is 23.9 Å². The molecular formula is C18H26N2O5. The van der Waals surface area contributed by atoms with E-state index in [-0.39, 0.29) is 12.5 Å². The van der Waals surface area contributed by atoms with Crippen LogP contribution in [-0.2, 0) is 14.3 Å². The van der Waals surface area contributed by atoms with Crippen molar-refractivity contribution in [3.63, 3.8) is 0 Å². The van der Waals surface area contributed by atoms with Crippen molar-refractivity contribution in [3.05, 3.63) is 29.8 Å². The Bertz CT molecular complexity index is 589. The Hall–Kier alpha value is -2.57. The number of carbonyl (C=O) groups excluding carboxylic acids is 3. The van der Waals surface area contributed by atoms with Crippen LogP contribution in [0.3, 0.4) is 0 Å². The van der Waals surface area contributed by atoms with Crippen LogP contribution in [0.5, 0.6) is 5.75 Å². The van der Waals surface area contributed by atoms with E-state index in [1.165, 1.54) is 0 Å². The molecule has 7 nitrogen and oxygen atoms in total. The van der Waals surface area contributed by atoms with Crippen LogP contribution in [-0.4, -0.2) is 37.2 Å². The molecule has 1 aromatic rings. The highest BCUT2D eigenvalue weighted by atomic mass is 16.5. The Morgan fingerprint density at radius 2 is 2.00 bits per heavy atom. The first kappa shape index (κ1) is 20.5. The van der Waals surface area contributed by atoms with Crippen LogP contribution in [0, 0.1) is 6.92 Å². The Kier molecular flexibility index (Phi) is 9.06. The molecule has 1 aromatic carbocycles. The Balaban J connectivity index is 2.13. The second kappa shape index (κ2) is 11.1. The summed E-state index contributed by atoms with van der Waals surface area (Å²) in [6, 6.07) is 6.99. The molecule has 3 amide bonds. The number of rotatable bonds is 9. The Morgan fingerprint density at radius 3 is 2.68 bits per heavy atom. The molecule has 0 aliphatic carbocycles. The van der Waals surface area contributed by atoms with Crippen LogP contribution in [0.2, 0.25) is 0 Å². The van der Waals surface area contributed by atoms with Crippen molar-refractivity contribution in [2.24, 2.45) is 0 Å². The highest BCUT2D eigenvalue weighted by Gasteiger charge is 2.12. The van der Waals surface area contributed by atoms with Crippen LogP contribution in [0.4, 0.5) is 4.79 Å². The Morgan fingerprint density at radius 1 is 1.24 bits per heavy atom. The molecule has 138 valence electrons. The van der Waals surface area contributed by atoms with Gasteiger partial charge in [-0.1, -0.05) is 19.1 Å². The molecule has 0 unspecified atom stereocenters. The average Bonchev–Trinajstić information content (AvgIpc) is 2.56. The third-order valence-electron chi connectivity index (χ3n) is 3.39. The molecule has 2 N–H and O–H groups in total. The van der Waals surface area contributed by atoms with Crippen molar-refractivity contribution in [2.75, 3.05) is 13.2 Å². The lowest BCUT2D eigenvalue weighted by Crippen LogP contribution is -2.44. The molecule has 0 fully saturated rings. The predicted octanol–water partition coefficient (Wildman–Crippen LogP) is 2.32. The first-order valence-corrected chi connectivity index (χ1v) is 8.36. The van der Waals surface area contributed by atoms with Crippen molar-refractivity contribution in [1.82, 2.24) is 10.6 Å². The van der Waals surface area contributed by atoms with Gasteiger partial charge in [0.2, 0.25) is 0 Å². The van der Waals surface area contributed by atoms with Crippen LogP contribution in [0.15, 0.2) is 24.3 Å². The molecule has 25 heavy (non-hydrogen) atoms. The van der Waals surface area contributed by atoms with Gasteiger partial charge < -0.3 is 14.8 Å². The maximum absolute atomic E-state index is 11.6. The van der Waals surface area contributed by atoms with Gasteiger partial charge in [0.15, 0.2) is 6.61 Å². The average molecular weight is 350 g/mol. The smallest absolute Gasteiger partial charge is 0.321 e. The molecule has 0 bridgehead atoms. The molecule has 0 aromatic heterocycles. The minimum atomic E-state index is -0.662. The Labute approximate surface area is 148 Å². The van der Waals surface area contributed by atoms with E-state index in [2.05, 4.69) is 10.6 Å². The van der Waals surface area contributed by atoms with E-state index in [0.29, 0.717) is 13.0 Å². The molecule has 0 radical (unpaired) electrons. The van der Waals surface area contributed by atoms with Gasteiger partial charge in [-0.15, -0.1) is 0 Å². The van der Waals surface area contributed by atoms with E-state index in [1.807, 2.05) is 45.0 Å². The van der Waals surface area contributed by atoms with E-state index in [1.54, 1.807) is 0 Å². The quantitative estimate of drug-likeness (QED) is 0.526. The summed E-state index contributed by atoms with van der Waals surface area (Å²) in [4.78, 5) is 34.5. The largest absolute Gasteiger partial charge is 0.494 e. The summed E-state index contributed by atoms with van der Waals surface area (Å²) >= 11 is 0. The number of imide groups is 1. The second-order valence-corrected chi connectivity index (χ2v) is 5.76. The number of nitrogens with one attached hydrogen (secondary N) is 2. The zero-order valence-electron chi connectivity index (χ0n) is 15.0. The molecule has 0 spiro atoms. The molecule has 0 heterocycles. The fourth-order valence-electron chi connectivity index (χ4n) is 1.85. The van der Waals surface area contributed by atoms with Crippen molar-refractivity contribution >= 4 is 17.9 Å². The first-order chi connectivity index (χ1) is 11.9. The maximum Gasteiger partial charge on any atom is 0.321 e. The number of amides is 3. The van der Waals surface area contributed by atoms with Gasteiger partial charge in [-0.2, -0.15) is 0 Å². The summed E-state index contributed by atoms with van der Waals surface area (Å²) in [5, 5.41) is 4.69. The number of benzene rings is 1. The fraction of sp³-hybridized carbons (Fsp3) is 0.500. The molecule has 0 saturated heterocycles. The molecule has 1 rings (SSSR count). The predicted molar refractivity (Wildman–Crippen MR) is 93.3 cm³/mol. The van der Waals surface area contributed by atoms with Gasteiger partial charge in [-0.25, -0.2) is 4.79 Å². The third-order valence-corrected chi connectivity index (χ3v) is 3.39. The zero-order chi connectivity index (χ0) is 18.7. The lowest BCUT2D eigenvalue weighted by atomic mass is 10.2. The number of hydrogen-bond acceptors (Lipinski definition) is 5. The number of carbonyl (C=O) groups is 3. The highest BCUT2D eigenvalue weighted by Crippen LogP contribution is 2.12. The number of ether oxygens (including phenoxy) is 2. The standard InChI is InChI=1S/C18H26N2O5/c1-4-14(3)19-18(23)20-16(21)12-25-17(22)9-6-10-24-15-8-5-7-13(2)11-15/h5,7-8,11,14H,4,6,9-10,12H2,1-3H3,(H2,19,20,21,23)/t14-/m0/s1. The van der Waals surface area contributed by atoms with Crippen LogP contribution < -0.4 is 15.4 Å².